The highest BCUT2D eigenvalue weighted by Gasteiger charge is 2.04. The van der Waals surface area contributed by atoms with Crippen molar-refractivity contribution in [2.24, 2.45) is 5.73 Å². The summed E-state index contributed by atoms with van der Waals surface area (Å²) in [5, 5.41) is 8.89. The Morgan fingerprint density at radius 2 is 2.40 bits per heavy atom. The van der Waals surface area contributed by atoms with Gasteiger partial charge in [0, 0.05) is 5.02 Å². The first-order valence-corrected chi connectivity index (χ1v) is 6.35. The molecule has 0 spiro atoms. The van der Waals surface area contributed by atoms with Gasteiger partial charge < -0.3 is 5.73 Å². The normalized spacial score (nSPS) is 10.7. The van der Waals surface area contributed by atoms with E-state index in [2.05, 4.69) is 4.98 Å². The van der Waals surface area contributed by atoms with E-state index in [4.69, 9.17) is 22.7 Å². The molecule has 0 aliphatic carbocycles. The van der Waals surface area contributed by atoms with Crippen LogP contribution in [0.4, 0.5) is 0 Å². The van der Waals surface area contributed by atoms with Crippen LogP contribution in [0.1, 0.15) is 5.01 Å². The summed E-state index contributed by atoms with van der Waals surface area (Å²) in [5.41, 5.74) is 6.17. The van der Waals surface area contributed by atoms with Gasteiger partial charge in [-0.25, -0.2) is 4.98 Å². The van der Waals surface area contributed by atoms with Gasteiger partial charge in [-0.2, -0.15) is 0 Å². The number of amidine groups is 1. The molecule has 3 nitrogen and oxygen atoms in total. The van der Waals surface area contributed by atoms with Crippen LogP contribution in [0.25, 0.3) is 10.2 Å². The molecular formula is C9H8ClN3S2. The molecule has 1 aromatic carbocycles. The molecule has 6 heteroatoms. The van der Waals surface area contributed by atoms with Crippen molar-refractivity contribution in [2.75, 3.05) is 0 Å². The van der Waals surface area contributed by atoms with Crippen LogP contribution in [0.3, 0.4) is 0 Å². The molecular weight excluding hydrogens is 250 g/mol. The standard InChI is InChI=1S/C9H8ClN3S2/c10-5-1-2-7-6(3-5)13-8(15-7)4-14-9(11)12/h1-3H,4H2,(H3,11,12). The van der Waals surface area contributed by atoms with E-state index in [1.165, 1.54) is 11.8 Å². The average Bonchev–Trinajstić information content (AvgIpc) is 2.56. The molecule has 0 saturated carbocycles. The molecule has 0 fully saturated rings. The Balaban J connectivity index is 2.27. The summed E-state index contributed by atoms with van der Waals surface area (Å²) in [6.07, 6.45) is 0. The fraction of sp³-hybridized carbons (Fsp3) is 0.111. The number of hydrogen-bond acceptors (Lipinski definition) is 4. The Bertz CT molecular complexity index is 509. The molecule has 0 aliphatic heterocycles. The van der Waals surface area contributed by atoms with Crippen molar-refractivity contribution in [3.05, 3.63) is 28.2 Å². The molecule has 3 N–H and O–H groups in total. The van der Waals surface area contributed by atoms with Crippen molar-refractivity contribution in [1.82, 2.24) is 4.98 Å². The quantitative estimate of drug-likeness (QED) is 0.642. The summed E-state index contributed by atoms with van der Waals surface area (Å²) in [7, 11) is 0. The molecule has 1 aromatic heterocycles. The van der Waals surface area contributed by atoms with E-state index in [-0.39, 0.29) is 5.17 Å². The maximum atomic E-state index is 7.11. The molecule has 0 amide bonds. The van der Waals surface area contributed by atoms with Gasteiger partial charge in [0.25, 0.3) is 0 Å². The molecule has 2 rings (SSSR count). The largest absolute Gasteiger partial charge is 0.379 e. The zero-order valence-corrected chi connectivity index (χ0v) is 10.0. The fourth-order valence-corrected chi connectivity index (χ4v) is 2.81. The number of nitrogens with two attached hydrogens (primary N) is 1. The van der Waals surface area contributed by atoms with E-state index in [1.54, 1.807) is 11.3 Å². The number of aromatic nitrogens is 1. The maximum absolute atomic E-state index is 7.11. The van der Waals surface area contributed by atoms with Crippen LogP contribution in [0.2, 0.25) is 5.02 Å². The molecule has 78 valence electrons. The number of nitrogens with zero attached hydrogens (tertiary/aromatic N) is 1. The first-order valence-electron chi connectivity index (χ1n) is 4.17. The smallest absolute Gasteiger partial charge is 0.151 e. The third-order valence-electron chi connectivity index (χ3n) is 1.75. The van der Waals surface area contributed by atoms with Crippen LogP contribution < -0.4 is 5.73 Å². The summed E-state index contributed by atoms with van der Waals surface area (Å²) < 4.78 is 1.11. The highest BCUT2D eigenvalue weighted by atomic mass is 35.5. The van der Waals surface area contributed by atoms with Crippen LogP contribution in [0.15, 0.2) is 18.2 Å². The predicted molar refractivity (Wildman–Crippen MR) is 67.8 cm³/mol. The van der Waals surface area contributed by atoms with Crippen LogP contribution in [-0.2, 0) is 5.75 Å². The summed E-state index contributed by atoms with van der Waals surface area (Å²) >= 11 is 8.75. The predicted octanol–water partition coefficient (Wildman–Crippen LogP) is 3.08. The Morgan fingerprint density at radius 3 is 3.13 bits per heavy atom. The zero-order chi connectivity index (χ0) is 10.8. The van der Waals surface area contributed by atoms with Gasteiger partial charge in [-0.1, -0.05) is 23.4 Å². The van der Waals surface area contributed by atoms with Gasteiger partial charge in [0.05, 0.1) is 16.0 Å². The second-order valence-corrected chi connectivity index (χ2v) is 5.44. The van der Waals surface area contributed by atoms with Gasteiger partial charge in [-0.05, 0) is 18.2 Å². The summed E-state index contributed by atoms with van der Waals surface area (Å²) in [6, 6.07) is 5.65. The van der Waals surface area contributed by atoms with Gasteiger partial charge in [-0.3, -0.25) is 5.41 Å². The number of nitrogens with one attached hydrogen (secondary N) is 1. The topological polar surface area (TPSA) is 62.8 Å². The van der Waals surface area contributed by atoms with Crippen LogP contribution in [0, 0.1) is 5.41 Å². The third-order valence-corrected chi connectivity index (χ3v) is 3.93. The first-order chi connectivity index (χ1) is 7.15. The lowest BCUT2D eigenvalue weighted by molar-refractivity contribution is 1.31. The molecule has 0 saturated heterocycles. The second kappa shape index (κ2) is 4.38. The summed E-state index contributed by atoms with van der Waals surface area (Å²) in [4.78, 5) is 4.41. The van der Waals surface area contributed by atoms with Crippen molar-refractivity contribution in [1.29, 1.82) is 5.41 Å². The Labute approximate surface area is 100 Å². The number of halogens is 1. The zero-order valence-electron chi connectivity index (χ0n) is 7.66. The molecule has 1 heterocycles. The molecule has 2 aromatic rings. The molecule has 0 bridgehead atoms. The van der Waals surface area contributed by atoms with Gasteiger partial charge >= 0.3 is 0 Å². The average molecular weight is 258 g/mol. The van der Waals surface area contributed by atoms with Crippen LogP contribution in [0.5, 0.6) is 0 Å². The second-order valence-electron chi connectivity index (χ2n) is 2.87. The van der Waals surface area contributed by atoms with E-state index >= 15 is 0 Å². The van der Waals surface area contributed by atoms with E-state index in [9.17, 15) is 0 Å². The number of benzene rings is 1. The van der Waals surface area contributed by atoms with E-state index in [0.717, 1.165) is 15.2 Å². The van der Waals surface area contributed by atoms with Crippen molar-refractivity contribution in [3.8, 4) is 0 Å². The minimum Gasteiger partial charge on any atom is -0.379 e. The third kappa shape index (κ3) is 2.62. The van der Waals surface area contributed by atoms with Gasteiger partial charge in [0.2, 0.25) is 0 Å². The first kappa shape index (κ1) is 10.7. The number of rotatable bonds is 2. The fourth-order valence-electron chi connectivity index (χ4n) is 1.15. The minimum absolute atomic E-state index is 0.118. The summed E-state index contributed by atoms with van der Waals surface area (Å²) in [6.45, 7) is 0. The SMILES string of the molecule is N=C(N)SCc1nc2cc(Cl)ccc2s1. The van der Waals surface area contributed by atoms with Gasteiger partial charge in [-0.15, -0.1) is 11.3 Å². The highest BCUT2D eigenvalue weighted by molar-refractivity contribution is 8.13. The lowest BCUT2D eigenvalue weighted by atomic mass is 10.3. The highest BCUT2D eigenvalue weighted by Crippen LogP contribution is 2.26. The Morgan fingerprint density at radius 1 is 1.60 bits per heavy atom. The van der Waals surface area contributed by atoms with Gasteiger partial charge in [0.1, 0.15) is 5.01 Å². The van der Waals surface area contributed by atoms with Gasteiger partial charge in [0.15, 0.2) is 5.17 Å². The van der Waals surface area contributed by atoms with Crippen molar-refractivity contribution >= 4 is 50.1 Å². The minimum atomic E-state index is 0.118. The molecule has 0 radical (unpaired) electrons. The lowest BCUT2D eigenvalue weighted by Crippen LogP contribution is -2.03. The van der Waals surface area contributed by atoms with Crippen molar-refractivity contribution < 1.29 is 0 Å². The number of thioether (sulfide) groups is 1. The van der Waals surface area contributed by atoms with E-state index in [1.807, 2.05) is 18.2 Å². The van der Waals surface area contributed by atoms with E-state index in [0.29, 0.717) is 10.8 Å². The Kier molecular flexibility index (Phi) is 3.14. The number of thiazole rings is 1. The molecule has 15 heavy (non-hydrogen) atoms. The molecule has 0 atom stereocenters. The lowest BCUT2D eigenvalue weighted by Gasteiger charge is -1.92. The van der Waals surface area contributed by atoms with Crippen molar-refractivity contribution in [2.45, 2.75) is 5.75 Å². The Hall–Kier alpha value is -0.780. The maximum Gasteiger partial charge on any atom is 0.151 e. The van der Waals surface area contributed by atoms with Crippen LogP contribution in [-0.4, -0.2) is 10.2 Å². The van der Waals surface area contributed by atoms with Crippen molar-refractivity contribution in [3.63, 3.8) is 0 Å². The van der Waals surface area contributed by atoms with Crippen LogP contribution >= 0.6 is 34.7 Å². The number of fused-ring (bicyclic) bond motifs is 1. The number of hydrogen-bond donors (Lipinski definition) is 2. The monoisotopic (exact) mass is 257 g/mol. The molecule has 0 unspecified atom stereocenters. The molecule has 0 aliphatic rings. The summed E-state index contributed by atoms with van der Waals surface area (Å²) in [5.74, 6) is 0.645. The van der Waals surface area contributed by atoms with E-state index < -0.39 is 0 Å².